The van der Waals surface area contributed by atoms with E-state index in [1.54, 1.807) is 0 Å². The van der Waals surface area contributed by atoms with Crippen LogP contribution in [0.5, 0.6) is 0 Å². The fraction of sp³-hybridized carbons (Fsp3) is 0. The first-order valence-corrected chi connectivity index (χ1v) is 8.15. The van der Waals surface area contributed by atoms with Crippen molar-refractivity contribution in [3.05, 3.63) is 105 Å². The molecule has 0 bridgehead atoms. The van der Waals surface area contributed by atoms with Gasteiger partial charge in [-0.3, -0.25) is 0 Å². The molecular weight excluding hydrogens is 337 g/mol. The summed E-state index contributed by atoms with van der Waals surface area (Å²) in [4.78, 5) is 0. The van der Waals surface area contributed by atoms with Gasteiger partial charge in [-0.2, -0.15) is 5.26 Å². The molecule has 0 spiro atoms. The predicted octanol–water partition coefficient (Wildman–Crippen LogP) is 6.45. The highest BCUT2D eigenvalue weighted by Gasteiger charge is 2.06. The Morgan fingerprint density at radius 3 is 1.67 bits per heavy atom. The van der Waals surface area contributed by atoms with E-state index in [2.05, 4.69) is 12.1 Å². The van der Waals surface area contributed by atoms with Crippen molar-refractivity contribution in [1.82, 2.24) is 0 Å². The Bertz CT molecular complexity index is 900. The summed E-state index contributed by atoms with van der Waals surface area (Å²) in [5.41, 5.74) is 4.83. The first kappa shape index (κ1) is 16.3. The molecule has 0 amide bonds. The van der Waals surface area contributed by atoms with E-state index in [0.717, 1.165) is 22.3 Å². The number of rotatable bonds is 3. The van der Waals surface area contributed by atoms with Crippen LogP contribution >= 0.6 is 23.2 Å². The second-order valence-electron chi connectivity index (χ2n) is 5.31. The molecule has 3 rings (SSSR count). The Balaban J connectivity index is 2.10. The number of nitriles is 1. The summed E-state index contributed by atoms with van der Waals surface area (Å²) in [5, 5.41) is 10.4. The lowest BCUT2D eigenvalue weighted by Gasteiger charge is -2.10. The van der Waals surface area contributed by atoms with Crippen molar-refractivity contribution in [1.29, 1.82) is 5.26 Å². The number of hydrogen-bond acceptors (Lipinski definition) is 1. The lowest BCUT2D eigenvalue weighted by Crippen LogP contribution is -1.89. The average Bonchev–Trinajstić information content (AvgIpc) is 2.62. The fourth-order valence-electron chi connectivity index (χ4n) is 2.41. The van der Waals surface area contributed by atoms with Crippen LogP contribution in [-0.4, -0.2) is 0 Å². The number of nitrogens with zero attached hydrogens (tertiary/aromatic N) is 1. The van der Waals surface area contributed by atoms with Crippen LogP contribution in [0.15, 0.2) is 72.8 Å². The SMILES string of the molecule is N#Cc1ccc(/C(=C/c2ccc(Cl)cc2)c2ccc(Cl)cc2)cc1. The van der Waals surface area contributed by atoms with Crippen molar-refractivity contribution in [2.24, 2.45) is 0 Å². The van der Waals surface area contributed by atoms with Gasteiger partial charge in [-0.05, 0) is 64.7 Å². The van der Waals surface area contributed by atoms with Crippen LogP contribution in [0.25, 0.3) is 11.6 Å². The van der Waals surface area contributed by atoms with Crippen molar-refractivity contribution >= 4 is 34.9 Å². The minimum atomic E-state index is 0.640. The Labute approximate surface area is 151 Å². The molecule has 0 unspecified atom stereocenters. The molecule has 0 fully saturated rings. The van der Waals surface area contributed by atoms with E-state index in [1.807, 2.05) is 72.8 Å². The van der Waals surface area contributed by atoms with Crippen LogP contribution in [0.4, 0.5) is 0 Å². The van der Waals surface area contributed by atoms with Crippen LogP contribution in [0.3, 0.4) is 0 Å². The van der Waals surface area contributed by atoms with Gasteiger partial charge in [-0.1, -0.05) is 59.6 Å². The maximum Gasteiger partial charge on any atom is 0.0991 e. The summed E-state index contributed by atoms with van der Waals surface area (Å²) in [6.07, 6.45) is 2.10. The number of halogens is 2. The first-order chi connectivity index (χ1) is 11.7. The molecule has 0 aliphatic rings. The van der Waals surface area contributed by atoms with Crippen LogP contribution in [0.1, 0.15) is 22.3 Å². The monoisotopic (exact) mass is 349 g/mol. The zero-order valence-corrected chi connectivity index (χ0v) is 14.2. The van der Waals surface area contributed by atoms with Crippen LogP contribution in [0.2, 0.25) is 10.0 Å². The van der Waals surface area contributed by atoms with E-state index in [9.17, 15) is 0 Å². The number of benzene rings is 3. The van der Waals surface area contributed by atoms with E-state index in [4.69, 9.17) is 28.5 Å². The molecule has 1 nitrogen and oxygen atoms in total. The third kappa shape index (κ3) is 3.86. The van der Waals surface area contributed by atoms with Crippen LogP contribution < -0.4 is 0 Å². The summed E-state index contributed by atoms with van der Waals surface area (Å²) in [5.74, 6) is 0. The molecule has 3 heteroatoms. The van der Waals surface area contributed by atoms with E-state index in [0.29, 0.717) is 15.6 Å². The molecule has 0 heterocycles. The summed E-state index contributed by atoms with van der Waals surface area (Å²) < 4.78 is 0. The molecule has 24 heavy (non-hydrogen) atoms. The lowest BCUT2D eigenvalue weighted by atomic mass is 9.95. The Hall–Kier alpha value is -2.53. The third-order valence-electron chi connectivity index (χ3n) is 3.66. The maximum absolute atomic E-state index is 8.98. The Morgan fingerprint density at radius 1 is 0.708 bits per heavy atom. The average molecular weight is 350 g/mol. The van der Waals surface area contributed by atoms with E-state index in [1.165, 1.54) is 0 Å². The molecule has 0 atom stereocenters. The molecule has 0 saturated carbocycles. The molecule has 3 aromatic carbocycles. The highest BCUT2D eigenvalue weighted by molar-refractivity contribution is 6.30. The normalized spacial score (nSPS) is 11.1. The van der Waals surface area contributed by atoms with Gasteiger partial charge in [-0.15, -0.1) is 0 Å². The maximum atomic E-state index is 8.98. The third-order valence-corrected chi connectivity index (χ3v) is 4.17. The lowest BCUT2D eigenvalue weighted by molar-refractivity contribution is 1.47. The van der Waals surface area contributed by atoms with Crippen molar-refractivity contribution in [2.45, 2.75) is 0 Å². The molecule has 0 aliphatic heterocycles. The molecule has 0 aliphatic carbocycles. The minimum Gasteiger partial charge on any atom is -0.192 e. The smallest absolute Gasteiger partial charge is 0.0991 e. The Kier molecular flexibility index (Phi) is 5.01. The molecule has 3 aromatic rings. The zero-order chi connectivity index (χ0) is 16.9. The van der Waals surface area contributed by atoms with Gasteiger partial charge in [0.05, 0.1) is 11.6 Å². The van der Waals surface area contributed by atoms with Crippen molar-refractivity contribution in [3.63, 3.8) is 0 Å². The van der Waals surface area contributed by atoms with Gasteiger partial charge < -0.3 is 0 Å². The van der Waals surface area contributed by atoms with Gasteiger partial charge in [0.15, 0.2) is 0 Å². The zero-order valence-electron chi connectivity index (χ0n) is 12.7. The quantitative estimate of drug-likeness (QED) is 0.498. The molecule has 0 radical (unpaired) electrons. The molecule has 0 aromatic heterocycles. The number of hydrogen-bond donors (Lipinski definition) is 0. The highest BCUT2D eigenvalue weighted by Crippen LogP contribution is 2.28. The van der Waals surface area contributed by atoms with Crippen LogP contribution in [0, 0.1) is 11.3 Å². The van der Waals surface area contributed by atoms with Crippen LogP contribution in [-0.2, 0) is 0 Å². The van der Waals surface area contributed by atoms with Crippen molar-refractivity contribution in [3.8, 4) is 6.07 Å². The summed E-state index contributed by atoms with van der Waals surface area (Å²) in [7, 11) is 0. The van der Waals surface area contributed by atoms with E-state index >= 15 is 0 Å². The van der Waals surface area contributed by atoms with E-state index in [-0.39, 0.29) is 0 Å². The van der Waals surface area contributed by atoms with E-state index < -0.39 is 0 Å². The van der Waals surface area contributed by atoms with Gasteiger partial charge in [0.25, 0.3) is 0 Å². The second-order valence-corrected chi connectivity index (χ2v) is 6.18. The fourth-order valence-corrected chi connectivity index (χ4v) is 2.66. The first-order valence-electron chi connectivity index (χ1n) is 7.39. The molecular formula is C21H13Cl2N. The summed E-state index contributed by atoms with van der Waals surface area (Å²) in [6, 6.07) is 25.1. The van der Waals surface area contributed by atoms with Gasteiger partial charge in [0.1, 0.15) is 0 Å². The van der Waals surface area contributed by atoms with Gasteiger partial charge >= 0.3 is 0 Å². The largest absolute Gasteiger partial charge is 0.192 e. The van der Waals surface area contributed by atoms with Gasteiger partial charge in [0.2, 0.25) is 0 Å². The molecule has 0 saturated heterocycles. The Morgan fingerprint density at radius 2 is 1.17 bits per heavy atom. The predicted molar refractivity (Wildman–Crippen MR) is 101 cm³/mol. The summed E-state index contributed by atoms with van der Waals surface area (Å²) in [6.45, 7) is 0. The molecule has 0 N–H and O–H groups in total. The topological polar surface area (TPSA) is 23.8 Å². The molecule has 116 valence electrons. The van der Waals surface area contributed by atoms with Crippen molar-refractivity contribution in [2.75, 3.05) is 0 Å². The van der Waals surface area contributed by atoms with Crippen molar-refractivity contribution < 1.29 is 0 Å². The second kappa shape index (κ2) is 7.36. The summed E-state index contributed by atoms with van der Waals surface area (Å²) >= 11 is 12.0. The minimum absolute atomic E-state index is 0.640. The van der Waals surface area contributed by atoms with Gasteiger partial charge in [-0.25, -0.2) is 0 Å². The van der Waals surface area contributed by atoms with Gasteiger partial charge in [0, 0.05) is 10.0 Å². The highest BCUT2D eigenvalue weighted by atomic mass is 35.5. The standard InChI is InChI=1S/C21H13Cl2N/c22-19-9-3-15(4-10-19)13-21(18-7-11-20(23)12-8-18)17-5-1-16(14-24)2-6-17/h1-13H/b21-13-.